The minimum absolute atomic E-state index is 0.172. The van der Waals surface area contributed by atoms with E-state index in [1.54, 1.807) is 30.3 Å². The Bertz CT molecular complexity index is 778. The van der Waals surface area contributed by atoms with Crippen molar-refractivity contribution in [1.29, 1.82) is 5.26 Å². The van der Waals surface area contributed by atoms with Gasteiger partial charge in [-0.15, -0.1) is 0 Å². The van der Waals surface area contributed by atoms with Crippen LogP contribution in [-0.4, -0.2) is 8.42 Å². The average molecular weight is 398 g/mol. The van der Waals surface area contributed by atoms with E-state index in [2.05, 4.69) is 27.3 Å². The maximum atomic E-state index is 12.2. The molecule has 0 amide bonds. The second-order valence-corrected chi connectivity index (χ2v) is 7.15. The summed E-state index contributed by atoms with van der Waals surface area (Å²) in [5, 5.41) is 9.06. The number of sulfonamides is 1. The molecule has 20 heavy (non-hydrogen) atoms. The van der Waals surface area contributed by atoms with Crippen molar-refractivity contribution in [1.82, 2.24) is 0 Å². The molecule has 0 unspecified atom stereocenters. The molecule has 102 valence electrons. The largest absolute Gasteiger partial charge is 0.278 e. The lowest BCUT2D eigenvalue weighted by molar-refractivity contribution is 0.601. The maximum Gasteiger partial charge on any atom is 0.261 e. The number of aryl methyl sites for hydroxylation is 1. The van der Waals surface area contributed by atoms with Gasteiger partial charge in [0.2, 0.25) is 0 Å². The number of hydrogen-bond acceptors (Lipinski definition) is 3. The molecule has 0 bridgehead atoms. The molecule has 0 radical (unpaired) electrons. The van der Waals surface area contributed by atoms with Gasteiger partial charge in [-0.2, -0.15) is 5.26 Å². The van der Waals surface area contributed by atoms with Gasteiger partial charge in [0.15, 0.2) is 0 Å². The molecule has 0 atom stereocenters. The van der Waals surface area contributed by atoms with Crippen LogP contribution in [0.2, 0.25) is 0 Å². The number of benzene rings is 2. The number of hydrogen-bond donors (Lipinski definition) is 1. The van der Waals surface area contributed by atoms with Crippen LogP contribution in [0.25, 0.3) is 0 Å². The van der Waals surface area contributed by atoms with Crippen LogP contribution in [-0.2, 0) is 10.0 Å². The Morgan fingerprint density at radius 1 is 1.15 bits per heavy atom. The Morgan fingerprint density at radius 2 is 1.80 bits per heavy atom. The summed E-state index contributed by atoms with van der Waals surface area (Å²) in [6.07, 6.45) is 0. The van der Waals surface area contributed by atoms with Crippen molar-refractivity contribution in [2.24, 2.45) is 0 Å². The number of nitrogens with one attached hydrogen (secondary N) is 1. The summed E-state index contributed by atoms with van der Waals surface area (Å²) in [5.41, 5.74) is 1.57. The molecule has 0 saturated carbocycles. The summed E-state index contributed by atoms with van der Waals surface area (Å²) in [4.78, 5) is 0.172. The summed E-state index contributed by atoms with van der Waals surface area (Å²) in [7, 11) is -3.68. The van der Waals surface area contributed by atoms with Crippen molar-refractivity contribution in [2.75, 3.05) is 4.72 Å². The predicted octanol–water partition coefficient (Wildman–Crippen LogP) is 3.27. The number of rotatable bonds is 3. The van der Waals surface area contributed by atoms with E-state index in [0.29, 0.717) is 5.56 Å². The number of anilines is 1. The monoisotopic (exact) mass is 398 g/mol. The highest BCUT2D eigenvalue weighted by Gasteiger charge is 2.15. The van der Waals surface area contributed by atoms with E-state index >= 15 is 0 Å². The molecule has 1 N–H and O–H groups in total. The summed E-state index contributed by atoms with van der Waals surface area (Å²) in [5.74, 6) is 0. The van der Waals surface area contributed by atoms with Crippen LogP contribution in [0.15, 0.2) is 47.4 Å². The second kappa shape index (κ2) is 5.81. The van der Waals surface area contributed by atoms with Crippen LogP contribution < -0.4 is 4.72 Å². The van der Waals surface area contributed by atoms with E-state index in [1.807, 2.05) is 13.0 Å². The quantitative estimate of drug-likeness (QED) is 0.807. The highest BCUT2D eigenvalue weighted by molar-refractivity contribution is 14.1. The van der Waals surface area contributed by atoms with E-state index in [-0.39, 0.29) is 10.6 Å². The zero-order valence-electron chi connectivity index (χ0n) is 10.6. The zero-order chi connectivity index (χ0) is 14.8. The van der Waals surface area contributed by atoms with Gasteiger partial charge in [-0.3, -0.25) is 4.72 Å². The topological polar surface area (TPSA) is 70.0 Å². The highest BCUT2D eigenvalue weighted by atomic mass is 127. The van der Waals surface area contributed by atoms with Crippen LogP contribution in [0.3, 0.4) is 0 Å². The average Bonchev–Trinajstić information content (AvgIpc) is 2.41. The van der Waals surface area contributed by atoms with Gasteiger partial charge in [-0.1, -0.05) is 17.7 Å². The van der Waals surface area contributed by atoms with Gasteiger partial charge in [0.25, 0.3) is 10.0 Å². The molecular weight excluding hydrogens is 387 g/mol. The first kappa shape index (κ1) is 14.8. The Morgan fingerprint density at radius 3 is 2.40 bits per heavy atom. The van der Waals surface area contributed by atoms with Crippen LogP contribution in [0.5, 0.6) is 0 Å². The lowest BCUT2D eigenvalue weighted by Gasteiger charge is -2.10. The normalized spacial score (nSPS) is 10.8. The summed E-state index contributed by atoms with van der Waals surface area (Å²) in [6.45, 7) is 1.89. The lowest BCUT2D eigenvalue weighted by atomic mass is 10.2. The summed E-state index contributed by atoms with van der Waals surface area (Å²) >= 11 is 2.07. The Labute approximate surface area is 131 Å². The standard InChI is InChI=1S/C14H11IN2O2S/c1-10-2-5-13(6-3-10)20(18,19)17-14-7-4-12(15)8-11(14)9-16/h2-8,17H,1H3. The lowest BCUT2D eigenvalue weighted by Crippen LogP contribution is -2.13. The minimum atomic E-state index is -3.68. The maximum absolute atomic E-state index is 12.2. The molecule has 0 fully saturated rings. The molecule has 0 saturated heterocycles. The van der Waals surface area contributed by atoms with Crippen molar-refractivity contribution >= 4 is 38.3 Å². The van der Waals surface area contributed by atoms with Crippen molar-refractivity contribution in [3.05, 3.63) is 57.2 Å². The highest BCUT2D eigenvalue weighted by Crippen LogP contribution is 2.22. The molecule has 2 aromatic carbocycles. The molecule has 0 heterocycles. The van der Waals surface area contributed by atoms with Crippen molar-refractivity contribution in [3.63, 3.8) is 0 Å². The van der Waals surface area contributed by atoms with Gasteiger partial charge in [0.05, 0.1) is 16.1 Å². The SMILES string of the molecule is Cc1ccc(S(=O)(=O)Nc2ccc(I)cc2C#N)cc1. The van der Waals surface area contributed by atoms with E-state index in [4.69, 9.17) is 5.26 Å². The van der Waals surface area contributed by atoms with Crippen molar-refractivity contribution in [3.8, 4) is 6.07 Å². The first-order valence-electron chi connectivity index (χ1n) is 5.71. The predicted molar refractivity (Wildman–Crippen MR) is 85.9 cm³/mol. The summed E-state index contributed by atoms with van der Waals surface area (Å²) < 4.78 is 27.8. The first-order chi connectivity index (χ1) is 9.42. The molecule has 4 nitrogen and oxygen atoms in total. The summed E-state index contributed by atoms with van der Waals surface area (Å²) in [6, 6.07) is 13.5. The van der Waals surface area contributed by atoms with Crippen LogP contribution in [0, 0.1) is 21.8 Å². The Balaban J connectivity index is 2.39. The smallest absolute Gasteiger partial charge is 0.261 e. The molecule has 2 aromatic rings. The molecule has 6 heteroatoms. The number of nitrogens with zero attached hydrogens (tertiary/aromatic N) is 1. The fourth-order valence-electron chi connectivity index (χ4n) is 1.62. The molecule has 0 spiro atoms. The second-order valence-electron chi connectivity index (χ2n) is 4.22. The van der Waals surface area contributed by atoms with Crippen LogP contribution >= 0.6 is 22.6 Å². The fraction of sp³-hybridized carbons (Fsp3) is 0.0714. The Hall–Kier alpha value is -1.59. The van der Waals surface area contributed by atoms with Crippen molar-refractivity contribution in [2.45, 2.75) is 11.8 Å². The number of halogens is 1. The third-order valence-corrected chi connectivity index (χ3v) is 4.73. The van der Waals surface area contributed by atoms with Gasteiger partial charge >= 0.3 is 0 Å². The molecule has 0 aliphatic rings. The molecule has 0 aliphatic heterocycles. The third-order valence-electron chi connectivity index (χ3n) is 2.68. The third kappa shape index (κ3) is 3.29. The van der Waals surface area contributed by atoms with Gasteiger partial charge in [0.1, 0.15) is 6.07 Å². The minimum Gasteiger partial charge on any atom is -0.278 e. The van der Waals surface area contributed by atoms with E-state index < -0.39 is 10.0 Å². The van der Waals surface area contributed by atoms with Gasteiger partial charge < -0.3 is 0 Å². The molecule has 2 rings (SSSR count). The van der Waals surface area contributed by atoms with E-state index in [1.165, 1.54) is 12.1 Å². The van der Waals surface area contributed by atoms with E-state index in [0.717, 1.165) is 9.13 Å². The van der Waals surface area contributed by atoms with Crippen molar-refractivity contribution < 1.29 is 8.42 Å². The zero-order valence-corrected chi connectivity index (χ0v) is 13.6. The first-order valence-corrected chi connectivity index (χ1v) is 8.28. The fourth-order valence-corrected chi connectivity index (χ4v) is 3.19. The van der Waals surface area contributed by atoms with Crippen LogP contribution in [0.1, 0.15) is 11.1 Å². The molecule has 0 aliphatic carbocycles. The molecule has 0 aromatic heterocycles. The Kier molecular flexibility index (Phi) is 4.30. The number of nitriles is 1. The molecular formula is C14H11IN2O2S. The van der Waals surface area contributed by atoms with Gasteiger partial charge in [0, 0.05) is 3.57 Å². The van der Waals surface area contributed by atoms with Gasteiger partial charge in [-0.05, 0) is 59.8 Å². The van der Waals surface area contributed by atoms with Crippen LogP contribution in [0.4, 0.5) is 5.69 Å². The van der Waals surface area contributed by atoms with Gasteiger partial charge in [-0.25, -0.2) is 8.42 Å². The van der Waals surface area contributed by atoms with E-state index in [9.17, 15) is 8.42 Å².